The van der Waals surface area contributed by atoms with E-state index < -0.39 is 11.6 Å². The second-order valence-electron chi connectivity index (χ2n) is 7.19. The Morgan fingerprint density at radius 2 is 1.90 bits per heavy atom. The van der Waals surface area contributed by atoms with Crippen LogP contribution >= 0.6 is 34.7 Å². The van der Waals surface area contributed by atoms with E-state index in [1.54, 1.807) is 45.0 Å². The van der Waals surface area contributed by atoms with Crippen molar-refractivity contribution in [3.8, 4) is 22.9 Å². The number of nitrogens with zero attached hydrogens (tertiary/aromatic N) is 2. The van der Waals surface area contributed by atoms with Crippen LogP contribution in [0.4, 0.5) is 0 Å². The van der Waals surface area contributed by atoms with Crippen LogP contribution in [0.5, 0.6) is 11.5 Å². The Morgan fingerprint density at radius 3 is 2.58 bits per heavy atom. The summed E-state index contributed by atoms with van der Waals surface area (Å²) in [4.78, 5) is 16.5. The normalized spacial score (nSPS) is 11.3. The maximum absolute atomic E-state index is 12.0. The minimum absolute atomic E-state index is 0.271. The molecule has 0 radical (unpaired) electrons. The number of rotatable bonds is 8. The molecule has 0 saturated heterocycles. The Morgan fingerprint density at radius 1 is 1.13 bits per heavy atom. The van der Waals surface area contributed by atoms with E-state index in [1.165, 1.54) is 11.5 Å². The Hall–Kier alpha value is -2.35. The molecule has 1 aromatic heterocycles. The SMILES string of the molecule is CCOC(=O)C(C)(C)Oc1ccc(OCc2nc(-c3ccc(Cl)c(Cl)c3)ns2)cc1C. The lowest BCUT2D eigenvalue weighted by molar-refractivity contribution is -0.158. The van der Waals surface area contributed by atoms with Gasteiger partial charge >= 0.3 is 5.97 Å². The zero-order chi connectivity index (χ0) is 22.6. The summed E-state index contributed by atoms with van der Waals surface area (Å²) in [5.41, 5.74) is 0.540. The van der Waals surface area contributed by atoms with E-state index in [4.69, 9.17) is 37.4 Å². The van der Waals surface area contributed by atoms with Gasteiger partial charge in [-0.15, -0.1) is 0 Å². The number of benzene rings is 2. The average molecular weight is 481 g/mol. The highest BCUT2D eigenvalue weighted by atomic mass is 35.5. The highest BCUT2D eigenvalue weighted by Crippen LogP contribution is 2.29. The van der Waals surface area contributed by atoms with Gasteiger partial charge in [0.2, 0.25) is 0 Å². The lowest BCUT2D eigenvalue weighted by Gasteiger charge is -2.25. The molecule has 9 heteroatoms. The first-order valence-electron chi connectivity index (χ1n) is 9.57. The second-order valence-corrected chi connectivity index (χ2v) is 8.84. The zero-order valence-electron chi connectivity index (χ0n) is 17.6. The number of hydrogen-bond acceptors (Lipinski definition) is 7. The standard InChI is InChI=1S/C22H22Cl2N2O4S/c1-5-28-21(27)22(3,4)30-18-9-7-15(10-13(18)2)29-12-19-25-20(26-31-19)14-6-8-16(23)17(24)11-14/h6-11H,5,12H2,1-4H3. The summed E-state index contributed by atoms with van der Waals surface area (Å²) in [6.07, 6.45) is 0. The fourth-order valence-electron chi connectivity index (χ4n) is 2.66. The average Bonchev–Trinajstić information content (AvgIpc) is 3.19. The van der Waals surface area contributed by atoms with E-state index in [1.807, 2.05) is 19.1 Å². The van der Waals surface area contributed by atoms with E-state index in [9.17, 15) is 4.79 Å². The third-order valence-electron chi connectivity index (χ3n) is 4.29. The number of halogens is 2. The molecule has 2 aromatic carbocycles. The summed E-state index contributed by atoms with van der Waals surface area (Å²) in [6, 6.07) is 10.7. The van der Waals surface area contributed by atoms with Gasteiger partial charge in [0, 0.05) is 5.56 Å². The topological polar surface area (TPSA) is 70.5 Å². The number of ether oxygens (including phenoxy) is 3. The van der Waals surface area contributed by atoms with Crippen LogP contribution < -0.4 is 9.47 Å². The third-order valence-corrected chi connectivity index (χ3v) is 5.71. The van der Waals surface area contributed by atoms with E-state index in [0.717, 1.165) is 16.1 Å². The van der Waals surface area contributed by atoms with Crippen molar-refractivity contribution < 1.29 is 19.0 Å². The molecule has 3 rings (SSSR count). The molecule has 1 heterocycles. The molecule has 0 unspecified atom stereocenters. The molecule has 0 aliphatic heterocycles. The summed E-state index contributed by atoms with van der Waals surface area (Å²) in [5, 5.41) is 1.66. The molecule has 164 valence electrons. The molecule has 0 aliphatic carbocycles. The highest BCUT2D eigenvalue weighted by Gasteiger charge is 2.32. The zero-order valence-corrected chi connectivity index (χ0v) is 19.9. The molecular weight excluding hydrogens is 459 g/mol. The molecule has 6 nitrogen and oxygen atoms in total. The first kappa shape index (κ1) is 23.3. The number of carbonyl (C=O) groups excluding carboxylic acids is 1. The fraction of sp³-hybridized carbons (Fsp3) is 0.318. The van der Waals surface area contributed by atoms with Gasteiger partial charge in [-0.05, 0) is 81.2 Å². The molecule has 0 aliphatic rings. The summed E-state index contributed by atoms with van der Waals surface area (Å²) in [6.45, 7) is 7.57. The van der Waals surface area contributed by atoms with Crippen LogP contribution in [0, 0.1) is 6.92 Å². The molecule has 31 heavy (non-hydrogen) atoms. The van der Waals surface area contributed by atoms with Gasteiger partial charge in [0.05, 0.1) is 16.7 Å². The Kier molecular flexibility index (Phi) is 7.41. The van der Waals surface area contributed by atoms with Gasteiger partial charge in [-0.3, -0.25) is 0 Å². The molecule has 0 atom stereocenters. The van der Waals surface area contributed by atoms with Crippen LogP contribution in [0.1, 0.15) is 31.3 Å². The molecule has 0 amide bonds. The van der Waals surface area contributed by atoms with Crippen molar-refractivity contribution in [2.75, 3.05) is 6.61 Å². The van der Waals surface area contributed by atoms with Crippen LogP contribution in [0.15, 0.2) is 36.4 Å². The minimum atomic E-state index is -1.09. The second kappa shape index (κ2) is 9.85. The molecule has 0 bridgehead atoms. The molecule has 0 saturated carbocycles. The van der Waals surface area contributed by atoms with Gasteiger partial charge in [-0.2, -0.15) is 4.37 Å². The lowest BCUT2D eigenvalue weighted by atomic mass is 10.1. The van der Waals surface area contributed by atoms with E-state index in [2.05, 4.69) is 9.36 Å². The Bertz CT molecular complexity index is 1090. The third kappa shape index (κ3) is 5.87. The Labute approximate surface area is 195 Å². The fourth-order valence-corrected chi connectivity index (χ4v) is 3.53. The quantitative estimate of drug-likeness (QED) is 0.361. The molecular formula is C22H22Cl2N2O4S. The predicted octanol–water partition coefficient (Wildman–Crippen LogP) is 6.12. The summed E-state index contributed by atoms with van der Waals surface area (Å²) >= 11 is 13.3. The molecule has 0 N–H and O–H groups in total. The number of hydrogen-bond donors (Lipinski definition) is 0. The first-order valence-corrected chi connectivity index (χ1v) is 11.1. The van der Waals surface area contributed by atoms with Crippen molar-refractivity contribution in [2.24, 2.45) is 0 Å². The van der Waals surface area contributed by atoms with Crippen LogP contribution in [0.2, 0.25) is 10.0 Å². The molecule has 3 aromatic rings. The van der Waals surface area contributed by atoms with Crippen molar-refractivity contribution in [3.63, 3.8) is 0 Å². The van der Waals surface area contributed by atoms with Crippen molar-refractivity contribution in [3.05, 3.63) is 57.0 Å². The van der Waals surface area contributed by atoms with Gasteiger partial charge in [0.1, 0.15) is 18.1 Å². The van der Waals surface area contributed by atoms with Crippen molar-refractivity contribution in [2.45, 2.75) is 39.9 Å². The van der Waals surface area contributed by atoms with Gasteiger partial charge in [0.25, 0.3) is 0 Å². The number of aromatic nitrogens is 2. The largest absolute Gasteiger partial charge is 0.486 e. The van der Waals surface area contributed by atoms with E-state index >= 15 is 0 Å². The maximum Gasteiger partial charge on any atom is 0.349 e. The molecule has 0 spiro atoms. The highest BCUT2D eigenvalue weighted by molar-refractivity contribution is 7.05. The first-order chi connectivity index (χ1) is 14.7. The van der Waals surface area contributed by atoms with Crippen molar-refractivity contribution in [1.82, 2.24) is 9.36 Å². The summed E-state index contributed by atoms with van der Waals surface area (Å²) < 4.78 is 21.1. The predicted molar refractivity (Wildman–Crippen MR) is 122 cm³/mol. The van der Waals surface area contributed by atoms with Crippen molar-refractivity contribution in [1.29, 1.82) is 0 Å². The minimum Gasteiger partial charge on any atom is -0.486 e. The number of aryl methyl sites for hydroxylation is 1. The van der Waals surface area contributed by atoms with Gasteiger partial charge < -0.3 is 14.2 Å². The molecule has 0 fully saturated rings. The number of esters is 1. The van der Waals surface area contributed by atoms with Crippen LogP contribution in [-0.2, 0) is 16.1 Å². The Balaban J connectivity index is 1.64. The smallest absolute Gasteiger partial charge is 0.349 e. The summed E-state index contributed by atoms with van der Waals surface area (Å²) in [7, 11) is 0. The van der Waals surface area contributed by atoms with Crippen LogP contribution in [0.3, 0.4) is 0 Å². The van der Waals surface area contributed by atoms with Gasteiger partial charge in [-0.25, -0.2) is 9.78 Å². The summed E-state index contributed by atoms with van der Waals surface area (Å²) in [5.74, 6) is 1.40. The van der Waals surface area contributed by atoms with E-state index in [0.29, 0.717) is 34.0 Å². The van der Waals surface area contributed by atoms with Gasteiger partial charge in [-0.1, -0.05) is 23.2 Å². The van der Waals surface area contributed by atoms with Crippen LogP contribution in [0.25, 0.3) is 11.4 Å². The maximum atomic E-state index is 12.0. The van der Waals surface area contributed by atoms with Gasteiger partial charge in [0.15, 0.2) is 16.4 Å². The monoisotopic (exact) mass is 480 g/mol. The number of carbonyl (C=O) groups is 1. The van der Waals surface area contributed by atoms with Crippen molar-refractivity contribution >= 4 is 40.7 Å². The van der Waals surface area contributed by atoms with Crippen LogP contribution in [-0.4, -0.2) is 27.5 Å². The van der Waals surface area contributed by atoms with E-state index in [-0.39, 0.29) is 6.61 Å². The lowest BCUT2D eigenvalue weighted by Crippen LogP contribution is -2.39.